The summed E-state index contributed by atoms with van der Waals surface area (Å²) < 4.78 is 0. The highest BCUT2D eigenvalue weighted by Gasteiger charge is 2.27. The highest BCUT2D eigenvalue weighted by molar-refractivity contribution is 5.88. The van der Waals surface area contributed by atoms with Crippen molar-refractivity contribution in [1.29, 1.82) is 0 Å². The SMILES string of the molecule is N[C@H]1Cc2ccccc2CN(CC(=O)NCc2ccccc2)C1=O. The molecule has 0 saturated carbocycles. The summed E-state index contributed by atoms with van der Waals surface area (Å²) >= 11 is 0. The monoisotopic (exact) mass is 323 g/mol. The minimum Gasteiger partial charge on any atom is -0.350 e. The topological polar surface area (TPSA) is 75.4 Å². The maximum atomic E-state index is 12.4. The first-order valence-electron chi connectivity index (χ1n) is 8.05. The standard InChI is InChI=1S/C19H21N3O2/c20-17-10-15-8-4-5-9-16(15)12-22(19(17)24)13-18(23)21-11-14-6-2-1-3-7-14/h1-9,17H,10-13,20H2,(H,21,23)/t17-/m0/s1. The Labute approximate surface area is 141 Å². The predicted molar refractivity (Wildman–Crippen MR) is 91.8 cm³/mol. The van der Waals surface area contributed by atoms with E-state index < -0.39 is 6.04 Å². The third kappa shape index (κ3) is 3.81. The number of amides is 2. The van der Waals surface area contributed by atoms with Crippen LogP contribution in [0.3, 0.4) is 0 Å². The van der Waals surface area contributed by atoms with Gasteiger partial charge in [-0.3, -0.25) is 9.59 Å². The largest absolute Gasteiger partial charge is 0.350 e. The molecule has 0 radical (unpaired) electrons. The lowest BCUT2D eigenvalue weighted by atomic mass is 10.0. The zero-order chi connectivity index (χ0) is 16.9. The van der Waals surface area contributed by atoms with Crippen LogP contribution in [0.25, 0.3) is 0 Å². The van der Waals surface area contributed by atoms with Gasteiger partial charge in [0.15, 0.2) is 0 Å². The van der Waals surface area contributed by atoms with Crippen LogP contribution in [0.5, 0.6) is 0 Å². The molecule has 124 valence electrons. The lowest BCUT2D eigenvalue weighted by Gasteiger charge is -2.22. The van der Waals surface area contributed by atoms with E-state index in [0.717, 1.165) is 16.7 Å². The molecule has 2 aromatic carbocycles. The van der Waals surface area contributed by atoms with E-state index in [9.17, 15) is 9.59 Å². The lowest BCUT2D eigenvalue weighted by molar-refractivity contribution is -0.137. The van der Waals surface area contributed by atoms with E-state index in [4.69, 9.17) is 5.73 Å². The number of carbonyl (C=O) groups excluding carboxylic acids is 2. The predicted octanol–water partition coefficient (Wildman–Crippen LogP) is 1.21. The molecule has 0 aliphatic carbocycles. The normalized spacial score (nSPS) is 17.1. The molecule has 1 aliphatic rings. The minimum atomic E-state index is -0.601. The average molecular weight is 323 g/mol. The molecule has 0 aromatic heterocycles. The summed E-state index contributed by atoms with van der Waals surface area (Å²) in [6, 6.07) is 16.9. The van der Waals surface area contributed by atoms with Gasteiger partial charge in [-0.1, -0.05) is 54.6 Å². The van der Waals surface area contributed by atoms with Crippen LogP contribution in [-0.2, 0) is 29.1 Å². The third-order valence-corrected chi connectivity index (χ3v) is 4.22. The Morgan fingerprint density at radius 2 is 1.75 bits per heavy atom. The second-order valence-corrected chi connectivity index (χ2v) is 6.04. The quantitative estimate of drug-likeness (QED) is 0.888. The molecular formula is C19H21N3O2. The average Bonchev–Trinajstić information content (AvgIpc) is 2.72. The second kappa shape index (κ2) is 7.27. The maximum Gasteiger partial charge on any atom is 0.240 e. The molecule has 0 bridgehead atoms. The van der Waals surface area contributed by atoms with E-state index >= 15 is 0 Å². The first-order valence-corrected chi connectivity index (χ1v) is 8.05. The molecule has 5 nitrogen and oxygen atoms in total. The number of benzene rings is 2. The Morgan fingerprint density at radius 3 is 2.50 bits per heavy atom. The number of nitrogens with zero attached hydrogens (tertiary/aromatic N) is 1. The summed E-state index contributed by atoms with van der Waals surface area (Å²) in [6.45, 7) is 0.888. The van der Waals surface area contributed by atoms with Crippen molar-refractivity contribution in [2.75, 3.05) is 6.54 Å². The van der Waals surface area contributed by atoms with Gasteiger partial charge in [0, 0.05) is 13.1 Å². The van der Waals surface area contributed by atoms with Crippen molar-refractivity contribution in [3.63, 3.8) is 0 Å². The van der Waals surface area contributed by atoms with Gasteiger partial charge in [-0.05, 0) is 23.1 Å². The number of nitrogens with one attached hydrogen (secondary N) is 1. The lowest BCUT2D eigenvalue weighted by Crippen LogP contribution is -2.46. The molecule has 1 heterocycles. The fourth-order valence-electron chi connectivity index (χ4n) is 2.91. The van der Waals surface area contributed by atoms with Crippen LogP contribution < -0.4 is 11.1 Å². The highest BCUT2D eigenvalue weighted by atomic mass is 16.2. The van der Waals surface area contributed by atoms with Gasteiger partial charge in [-0.15, -0.1) is 0 Å². The summed E-state index contributed by atoms with van der Waals surface area (Å²) in [5, 5.41) is 2.85. The first kappa shape index (κ1) is 16.2. The number of nitrogens with two attached hydrogens (primary N) is 1. The smallest absolute Gasteiger partial charge is 0.240 e. The molecule has 0 saturated heterocycles. The molecular weight excluding hydrogens is 302 g/mol. The Morgan fingerprint density at radius 1 is 1.08 bits per heavy atom. The molecule has 0 fully saturated rings. The van der Waals surface area contributed by atoms with Crippen LogP contribution in [0.4, 0.5) is 0 Å². The third-order valence-electron chi connectivity index (χ3n) is 4.22. The summed E-state index contributed by atoms with van der Waals surface area (Å²) in [4.78, 5) is 26.2. The number of hydrogen-bond donors (Lipinski definition) is 2. The van der Waals surface area contributed by atoms with Gasteiger partial charge in [0.05, 0.1) is 12.6 Å². The van der Waals surface area contributed by atoms with Crippen molar-refractivity contribution in [3.8, 4) is 0 Å². The zero-order valence-electron chi connectivity index (χ0n) is 13.4. The zero-order valence-corrected chi connectivity index (χ0v) is 13.4. The van der Waals surface area contributed by atoms with Crippen LogP contribution in [0.1, 0.15) is 16.7 Å². The van der Waals surface area contributed by atoms with Crippen molar-refractivity contribution < 1.29 is 9.59 Å². The maximum absolute atomic E-state index is 12.4. The first-order chi connectivity index (χ1) is 11.6. The Balaban J connectivity index is 1.64. The fraction of sp³-hybridized carbons (Fsp3) is 0.263. The van der Waals surface area contributed by atoms with E-state index in [2.05, 4.69) is 5.32 Å². The van der Waals surface area contributed by atoms with Gasteiger partial charge >= 0.3 is 0 Å². The Bertz CT molecular complexity index is 730. The van der Waals surface area contributed by atoms with Gasteiger partial charge in [0.1, 0.15) is 0 Å². The molecule has 2 amide bonds. The van der Waals surface area contributed by atoms with E-state index in [1.165, 1.54) is 4.90 Å². The number of hydrogen-bond acceptors (Lipinski definition) is 3. The van der Waals surface area contributed by atoms with Gasteiger partial charge in [-0.2, -0.15) is 0 Å². The van der Waals surface area contributed by atoms with Gasteiger partial charge < -0.3 is 16.0 Å². The van der Waals surface area contributed by atoms with Crippen molar-refractivity contribution in [1.82, 2.24) is 10.2 Å². The molecule has 3 rings (SSSR count). The minimum absolute atomic E-state index is 0.0215. The van der Waals surface area contributed by atoms with Crippen LogP contribution in [0.15, 0.2) is 54.6 Å². The van der Waals surface area contributed by atoms with Gasteiger partial charge in [0.2, 0.25) is 11.8 Å². The van der Waals surface area contributed by atoms with Crippen molar-refractivity contribution in [2.24, 2.45) is 5.73 Å². The van der Waals surface area contributed by atoms with E-state index in [1.807, 2.05) is 54.6 Å². The summed E-state index contributed by atoms with van der Waals surface area (Å²) in [6.07, 6.45) is 0.511. The Kier molecular flexibility index (Phi) is 4.91. The van der Waals surface area contributed by atoms with Crippen LogP contribution in [0.2, 0.25) is 0 Å². The van der Waals surface area contributed by atoms with E-state index in [-0.39, 0.29) is 18.4 Å². The number of carbonyl (C=O) groups is 2. The molecule has 0 spiro atoms. The Hall–Kier alpha value is -2.66. The summed E-state index contributed by atoms with van der Waals surface area (Å²) in [5.74, 6) is -0.361. The van der Waals surface area contributed by atoms with E-state index in [0.29, 0.717) is 19.5 Å². The fourth-order valence-corrected chi connectivity index (χ4v) is 2.91. The molecule has 1 aliphatic heterocycles. The molecule has 5 heteroatoms. The number of rotatable bonds is 4. The molecule has 0 unspecified atom stereocenters. The number of fused-ring (bicyclic) bond motifs is 1. The van der Waals surface area contributed by atoms with Crippen molar-refractivity contribution in [2.45, 2.75) is 25.6 Å². The summed E-state index contributed by atoms with van der Waals surface area (Å²) in [5.41, 5.74) is 9.15. The van der Waals surface area contributed by atoms with Crippen molar-refractivity contribution >= 4 is 11.8 Å². The molecule has 2 aromatic rings. The van der Waals surface area contributed by atoms with Crippen molar-refractivity contribution in [3.05, 3.63) is 71.3 Å². The molecule has 3 N–H and O–H groups in total. The van der Waals surface area contributed by atoms with E-state index in [1.54, 1.807) is 0 Å². The van der Waals surface area contributed by atoms with Crippen LogP contribution in [0, 0.1) is 0 Å². The molecule has 1 atom stereocenters. The second-order valence-electron chi connectivity index (χ2n) is 6.04. The van der Waals surface area contributed by atoms with Crippen LogP contribution in [-0.4, -0.2) is 29.3 Å². The molecule has 24 heavy (non-hydrogen) atoms. The highest BCUT2D eigenvalue weighted by Crippen LogP contribution is 2.18. The van der Waals surface area contributed by atoms with Gasteiger partial charge in [0.25, 0.3) is 0 Å². The summed E-state index contributed by atoms with van der Waals surface area (Å²) in [7, 11) is 0. The van der Waals surface area contributed by atoms with Gasteiger partial charge in [-0.25, -0.2) is 0 Å². The van der Waals surface area contributed by atoms with Crippen LogP contribution >= 0.6 is 0 Å².